The van der Waals surface area contributed by atoms with Gasteiger partial charge in [0, 0.05) is 31.0 Å². The molecule has 0 radical (unpaired) electrons. The predicted molar refractivity (Wildman–Crippen MR) is 64.7 cm³/mol. The minimum absolute atomic E-state index is 1.11. The molecular formula is C13H18N2. The molecular weight excluding hydrogens is 184 g/mol. The van der Waals surface area contributed by atoms with E-state index in [2.05, 4.69) is 28.4 Å². The summed E-state index contributed by atoms with van der Waals surface area (Å²) in [6, 6.07) is 6.88. The first-order valence-electron chi connectivity index (χ1n) is 6.05. The second-order valence-corrected chi connectivity index (χ2v) is 4.57. The van der Waals surface area contributed by atoms with Crippen LogP contribution in [0.25, 0.3) is 0 Å². The van der Waals surface area contributed by atoms with Gasteiger partial charge in [-0.05, 0) is 49.4 Å². The van der Waals surface area contributed by atoms with Crippen molar-refractivity contribution in [2.45, 2.75) is 25.7 Å². The summed E-state index contributed by atoms with van der Waals surface area (Å²) in [6.07, 6.45) is 5.31. The smallest absolute Gasteiger partial charge is 0.0375 e. The Labute approximate surface area is 91.3 Å². The third kappa shape index (κ3) is 1.69. The Hall–Kier alpha value is -1.18. The van der Waals surface area contributed by atoms with Crippen molar-refractivity contribution in [2.24, 2.45) is 0 Å². The first-order valence-corrected chi connectivity index (χ1v) is 6.05. The van der Waals surface area contributed by atoms with E-state index in [0.29, 0.717) is 0 Å². The summed E-state index contributed by atoms with van der Waals surface area (Å²) in [6.45, 7) is 3.59. The van der Waals surface area contributed by atoms with Crippen LogP contribution in [-0.2, 0) is 6.42 Å². The van der Waals surface area contributed by atoms with Crippen LogP contribution >= 0.6 is 0 Å². The Balaban J connectivity index is 1.85. The summed E-state index contributed by atoms with van der Waals surface area (Å²) in [5.41, 5.74) is 4.27. The zero-order valence-electron chi connectivity index (χ0n) is 9.13. The van der Waals surface area contributed by atoms with Crippen molar-refractivity contribution < 1.29 is 0 Å². The van der Waals surface area contributed by atoms with Crippen LogP contribution in [0.5, 0.6) is 0 Å². The Kier molecular flexibility index (Phi) is 2.28. The lowest BCUT2D eigenvalue weighted by atomic mass is 10.1. The van der Waals surface area contributed by atoms with Crippen LogP contribution in [0.3, 0.4) is 0 Å². The number of fused-ring (bicyclic) bond motifs is 1. The van der Waals surface area contributed by atoms with Gasteiger partial charge >= 0.3 is 0 Å². The highest BCUT2D eigenvalue weighted by Crippen LogP contribution is 2.28. The van der Waals surface area contributed by atoms with Crippen molar-refractivity contribution in [2.75, 3.05) is 29.9 Å². The third-order valence-corrected chi connectivity index (χ3v) is 3.52. The monoisotopic (exact) mass is 202 g/mol. The molecule has 2 aliphatic rings. The summed E-state index contributed by atoms with van der Waals surface area (Å²) in [7, 11) is 0. The Morgan fingerprint density at radius 3 is 2.80 bits per heavy atom. The second kappa shape index (κ2) is 3.76. The molecule has 0 aliphatic carbocycles. The summed E-state index contributed by atoms with van der Waals surface area (Å²) in [4.78, 5) is 2.53. The average Bonchev–Trinajstić information content (AvgIpc) is 2.77. The molecule has 1 aromatic carbocycles. The molecule has 0 aromatic heterocycles. The van der Waals surface area contributed by atoms with E-state index < -0.39 is 0 Å². The number of hydrogen-bond acceptors (Lipinski definition) is 2. The number of nitrogens with zero attached hydrogens (tertiary/aromatic N) is 1. The highest BCUT2D eigenvalue weighted by molar-refractivity contribution is 5.63. The Morgan fingerprint density at radius 2 is 1.93 bits per heavy atom. The Morgan fingerprint density at radius 1 is 1.07 bits per heavy atom. The van der Waals surface area contributed by atoms with Crippen LogP contribution in [0.1, 0.15) is 24.8 Å². The van der Waals surface area contributed by atoms with E-state index in [1.807, 2.05) is 0 Å². The zero-order valence-corrected chi connectivity index (χ0v) is 9.13. The molecule has 0 bridgehead atoms. The highest BCUT2D eigenvalue weighted by Gasteiger charge is 2.14. The SMILES string of the molecule is c1cc2c(cc1N1CCCCC1)CCN2. The fourth-order valence-corrected chi connectivity index (χ4v) is 2.64. The van der Waals surface area contributed by atoms with Crippen molar-refractivity contribution in [1.82, 2.24) is 0 Å². The number of benzene rings is 1. The first-order chi connectivity index (χ1) is 7.43. The maximum Gasteiger partial charge on any atom is 0.0375 e. The van der Waals surface area contributed by atoms with Crippen molar-refractivity contribution in [1.29, 1.82) is 0 Å². The molecule has 15 heavy (non-hydrogen) atoms. The quantitative estimate of drug-likeness (QED) is 0.753. The lowest BCUT2D eigenvalue weighted by Gasteiger charge is -2.29. The largest absolute Gasteiger partial charge is 0.384 e. The van der Waals surface area contributed by atoms with Crippen molar-refractivity contribution in [3.8, 4) is 0 Å². The molecule has 1 fully saturated rings. The van der Waals surface area contributed by atoms with E-state index >= 15 is 0 Å². The molecule has 2 aliphatic heterocycles. The lowest BCUT2D eigenvalue weighted by Crippen LogP contribution is -2.29. The topological polar surface area (TPSA) is 15.3 Å². The summed E-state index contributed by atoms with van der Waals surface area (Å²) >= 11 is 0. The maximum atomic E-state index is 3.41. The first kappa shape index (κ1) is 9.08. The van der Waals surface area contributed by atoms with Gasteiger partial charge < -0.3 is 10.2 Å². The zero-order chi connectivity index (χ0) is 10.1. The number of nitrogens with one attached hydrogen (secondary N) is 1. The maximum absolute atomic E-state index is 3.41. The molecule has 1 N–H and O–H groups in total. The van der Waals surface area contributed by atoms with Crippen LogP contribution in [0.4, 0.5) is 11.4 Å². The van der Waals surface area contributed by atoms with E-state index in [1.54, 1.807) is 0 Å². The van der Waals surface area contributed by atoms with Crippen LogP contribution in [0.2, 0.25) is 0 Å². The van der Waals surface area contributed by atoms with E-state index in [0.717, 1.165) is 6.54 Å². The molecule has 1 saturated heterocycles. The van der Waals surface area contributed by atoms with E-state index in [9.17, 15) is 0 Å². The molecule has 1 aromatic rings. The van der Waals surface area contributed by atoms with Gasteiger partial charge in [-0.15, -0.1) is 0 Å². The van der Waals surface area contributed by atoms with Crippen LogP contribution in [-0.4, -0.2) is 19.6 Å². The molecule has 3 rings (SSSR count). The lowest BCUT2D eigenvalue weighted by molar-refractivity contribution is 0.578. The van der Waals surface area contributed by atoms with Gasteiger partial charge in [0.15, 0.2) is 0 Å². The summed E-state index contributed by atoms with van der Waals surface area (Å²) in [5, 5.41) is 3.41. The molecule has 0 spiro atoms. The minimum atomic E-state index is 1.11. The van der Waals surface area contributed by atoms with Crippen molar-refractivity contribution in [3.05, 3.63) is 23.8 Å². The fraction of sp³-hybridized carbons (Fsp3) is 0.538. The molecule has 2 heterocycles. The van der Waals surface area contributed by atoms with Gasteiger partial charge in [0.1, 0.15) is 0 Å². The van der Waals surface area contributed by atoms with Crippen LogP contribution in [0.15, 0.2) is 18.2 Å². The van der Waals surface area contributed by atoms with Gasteiger partial charge in [-0.3, -0.25) is 0 Å². The van der Waals surface area contributed by atoms with Gasteiger partial charge in [-0.1, -0.05) is 0 Å². The van der Waals surface area contributed by atoms with Crippen molar-refractivity contribution >= 4 is 11.4 Å². The van der Waals surface area contributed by atoms with Gasteiger partial charge in [0.2, 0.25) is 0 Å². The van der Waals surface area contributed by atoms with Crippen LogP contribution < -0.4 is 10.2 Å². The molecule has 2 nitrogen and oxygen atoms in total. The van der Waals surface area contributed by atoms with E-state index in [-0.39, 0.29) is 0 Å². The number of hydrogen-bond donors (Lipinski definition) is 1. The van der Waals surface area contributed by atoms with Crippen molar-refractivity contribution in [3.63, 3.8) is 0 Å². The van der Waals surface area contributed by atoms with Gasteiger partial charge in [0.05, 0.1) is 0 Å². The molecule has 0 amide bonds. The molecule has 0 unspecified atom stereocenters. The molecule has 0 atom stereocenters. The standard InChI is InChI=1S/C13H18N2/c1-2-8-15(9-3-1)12-4-5-13-11(10-12)6-7-14-13/h4-5,10,14H,1-3,6-9H2. The normalized spacial score (nSPS) is 19.9. The predicted octanol–water partition coefficient (Wildman–Crippen LogP) is 2.64. The van der Waals surface area contributed by atoms with E-state index in [1.165, 1.54) is 55.7 Å². The number of piperidine rings is 1. The summed E-state index contributed by atoms with van der Waals surface area (Å²) < 4.78 is 0. The van der Waals surface area contributed by atoms with Gasteiger partial charge in [-0.2, -0.15) is 0 Å². The third-order valence-electron chi connectivity index (χ3n) is 3.52. The summed E-state index contributed by atoms with van der Waals surface area (Å²) in [5.74, 6) is 0. The van der Waals surface area contributed by atoms with Gasteiger partial charge in [-0.25, -0.2) is 0 Å². The fourth-order valence-electron chi connectivity index (χ4n) is 2.64. The Bertz CT molecular complexity index is 354. The van der Waals surface area contributed by atoms with Gasteiger partial charge in [0.25, 0.3) is 0 Å². The van der Waals surface area contributed by atoms with E-state index in [4.69, 9.17) is 0 Å². The molecule has 0 saturated carbocycles. The number of anilines is 2. The highest BCUT2D eigenvalue weighted by atomic mass is 15.1. The van der Waals surface area contributed by atoms with Crippen LogP contribution in [0, 0.1) is 0 Å². The molecule has 80 valence electrons. The molecule has 2 heteroatoms. The second-order valence-electron chi connectivity index (χ2n) is 4.57. The minimum Gasteiger partial charge on any atom is -0.384 e. The average molecular weight is 202 g/mol. The number of rotatable bonds is 1.